The number of benzene rings is 1. The van der Waals surface area contributed by atoms with Gasteiger partial charge in [-0.25, -0.2) is 4.79 Å². The van der Waals surface area contributed by atoms with Gasteiger partial charge in [-0.15, -0.1) is 0 Å². The molecule has 0 spiro atoms. The molecule has 2 unspecified atom stereocenters. The Bertz CT molecular complexity index is 881. The van der Waals surface area contributed by atoms with Crippen LogP contribution in [-0.4, -0.2) is 46.5 Å². The summed E-state index contributed by atoms with van der Waals surface area (Å²) < 4.78 is 5.43. The van der Waals surface area contributed by atoms with Crippen molar-refractivity contribution in [2.24, 2.45) is 5.92 Å². The summed E-state index contributed by atoms with van der Waals surface area (Å²) in [6.45, 7) is 21.4. The molecule has 0 fully saturated rings. The van der Waals surface area contributed by atoms with Gasteiger partial charge in [-0.2, -0.15) is 0 Å². The van der Waals surface area contributed by atoms with Crippen LogP contribution in [0.2, 0.25) is 0 Å². The highest BCUT2D eigenvalue weighted by atomic mass is 16.6. The average Bonchev–Trinajstić information content (AvgIpc) is 2.66. The fourth-order valence-electron chi connectivity index (χ4n) is 3.89. The molecule has 198 valence electrons. The molecule has 0 aromatic heterocycles. The Morgan fingerprint density at radius 1 is 1.03 bits per heavy atom. The van der Waals surface area contributed by atoms with Gasteiger partial charge >= 0.3 is 6.09 Å². The van der Waals surface area contributed by atoms with Crippen molar-refractivity contribution in [3.8, 4) is 0 Å². The molecule has 2 atom stereocenters. The molecule has 3 amide bonds. The Morgan fingerprint density at radius 2 is 1.63 bits per heavy atom. The fraction of sp³-hybridized carbons (Fsp3) is 0.679. The Labute approximate surface area is 212 Å². The lowest BCUT2D eigenvalue weighted by Gasteiger charge is -2.37. The van der Waals surface area contributed by atoms with E-state index in [2.05, 4.69) is 10.6 Å². The van der Waals surface area contributed by atoms with Crippen LogP contribution in [0.15, 0.2) is 18.2 Å². The minimum Gasteiger partial charge on any atom is -0.444 e. The zero-order valence-electron chi connectivity index (χ0n) is 23.7. The SMILES string of the molecule is CCCN(C(=O)C(CC(C)C)NC(=O)OC(C)(C)C)C(C(=O)NC(C)(C)C)c1cc(C)ccc1C. The van der Waals surface area contributed by atoms with Crippen LogP contribution in [0.1, 0.15) is 97.9 Å². The number of aryl methyl sites for hydroxylation is 2. The summed E-state index contributed by atoms with van der Waals surface area (Å²) in [5.41, 5.74) is 1.56. The van der Waals surface area contributed by atoms with Crippen LogP contribution >= 0.6 is 0 Å². The lowest BCUT2D eigenvalue weighted by atomic mass is 9.94. The molecule has 0 aliphatic carbocycles. The van der Waals surface area contributed by atoms with Crippen molar-refractivity contribution >= 4 is 17.9 Å². The van der Waals surface area contributed by atoms with E-state index in [0.29, 0.717) is 19.4 Å². The average molecular weight is 490 g/mol. The van der Waals surface area contributed by atoms with Gasteiger partial charge < -0.3 is 20.3 Å². The number of rotatable bonds is 9. The van der Waals surface area contributed by atoms with Gasteiger partial charge in [-0.05, 0) is 85.3 Å². The van der Waals surface area contributed by atoms with Crippen molar-refractivity contribution in [3.63, 3.8) is 0 Å². The maximum absolute atomic E-state index is 14.0. The van der Waals surface area contributed by atoms with Gasteiger partial charge in [0.25, 0.3) is 0 Å². The third-order valence-electron chi connectivity index (χ3n) is 5.23. The van der Waals surface area contributed by atoms with Crippen LogP contribution in [0.5, 0.6) is 0 Å². The van der Waals surface area contributed by atoms with Gasteiger partial charge in [-0.3, -0.25) is 9.59 Å². The summed E-state index contributed by atoms with van der Waals surface area (Å²) in [5.74, 6) is -0.389. The number of hydrogen-bond acceptors (Lipinski definition) is 4. The van der Waals surface area contributed by atoms with Crippen LogP contribution in [0.4, 0.5) is 4.79 Å². The lowest BCUT2D eigenvalue weighted by molar-refractivity contribution is -0.143. The van der Waals surface area contributed by atoms with Crippen molar-refractivity contribution in [2.75, 3.05) is 6.54 Å². The van der Waals surface area contributed by atoms with E-state index in [4.69, 9.17) is 4.74 Å². The van der Waals surface area contributed by atoms with Crippen LogP contribution in [0.25, 0.3) is 0 Å². The maximum Gasteiger partial charge on any atom is 0.408 e. The molecule has 1 aromatic carbocycles. The quantitative estimate of drug-likeness (QED) is 0.484. The standard InChI is InChI=1S/C28H47N3O4/c1-12-15-31(25(33)22(16-18(2)3)29-26(34)35-28(9,10)11)23(24(32)30-27(6,7)8)21-17-19(4)13-14-20(21)5/h13-14,17-18,22-23H,12,15-16H2,1-11H3,(H,29,34)(H,30,32). The molecule has 1 rings (SSSR count). The second-order valence-corrected chi connectivity index (χ2v) is 11.9. The first kappa shape index (κ1) is 30.5. The van der Waals surface area contributed by atoms with Crippen molar-refractivity contribution in [2.45, 2.75) is 112 Å². The van der Waals surface area contributed by atoms with Gasteiger partial charge in [0.15, 0.2) is 0 Å². The van der Waals surface area contributed by atoms with Crippen molar-refractivity contribution < 1.29 is 19.1 Å². The largest absolute Gasteiger partial charge is 0.444 e. The maximum atomic E-state index is 14.0. The van der Waals surface area contributed by atoms with E-state index in [1.54, 1.807) is 25.7 Å². The van der Waals surface area contributed by atoms with Gasteiger partial charge in [0.2, 0.25) is 11.8 Å². The number of ether oxygens (including phenoxy) is 1. The molecule has 0 saturated carbocycles. The second-order valence-electron chi connectivity index (χ2n) is 11.9. The van der Waals surface area contributed by atoms with Gasteiger partial charge in [0.05, 0.1) is 0 Å². The summed E-state index contributed by atoms with van der Waals surface area (Å²) in [6, 6.07) is 4.30. The fourth-order valence-corrected chi connectivity index (χ4v) is 3.89. The van der Waals surface area contributed by atoms with Crippen LogP contribution in [-0.2, 0) is 14.3 Å². The van der Waals surface area contributed by atoms with E-state index in [1.165, 1.54) is 0 Å². The minimum absolute atomic E-state index is 0.143. The topological polar surface area (TPSA) is 87.7 Å². The molecule has 0 radical (unpaired) electrons. The third-order valence-corrected chi connectivity index (χ3v) is 5.23. The second kappa shape index (κ2) is 12.4. The third kappa shape index (κ3) is 10.3. The predicted octanol–water partition coefficient (Wildman–Crippen LogP) is 5.44. The zero-order chi connectivity index (χ0) is 27.1. The molecule has 7 heteroatoms. The highest BCUT2D eigenvalue weighted by Crippen LogP contribution is 2.28. The normalized spacial score (nSPS) is 13.7. The van der Waals surface area contributed by atoms with Crippen LogP contribution in [0, 0.1) is 19.8 Å². The van der Waals surface area contributed by atoms with Crippen LogP contribution < -0.4 is 10.6 Å². The van der Waals surface area contributed by atoms with Crippen molar-refractivity contribution in [1.82, 2.24) is 15.5 Å². The summed E-state index contributed by atoms with van der Waals surface area (Å²) in [5, 5.41) is 5.84. The van der Waals surface area contributed by atoms with Gasteiger partial charge in [-0.1, -0.05) is 44.5 Å². The Hall–Kier alpha value is -2.57. The first-order chi connectivity index (χ1) is 15.9. The van der Waals surface area contributed by atoms with Crippen LogP contribution in [0.3, 0.4) is 0 Å². The highest BCUT2D eigenvalue weighted by Gasteiger charge is 2.37. The molecule has 0 saturated heterocycles. The Morgan fingerprint density at radius 3 is 2.11 bits per heavy atom. The molecule has 0 bridgehead atoms. The van der Waals surface area contributed by atoms with Gasteiger partial charge in [0.1, 0.15) is 17.7 Å². The summed E-state index contributed by atoms with van der Waals surface area (Å²) >= 11 is 0. The smallest absolute Gasteiger partial charge is 0.408 e. The number of carbonyl (C=O) groups excluding carboxylic acids is 3. The zero-order valence-corrected chi connectivity index (χ0v) is 23.7. The molecule has 1 aromatic rings. The van der Waals surface area contributed by atoms with E-state index in [9.17, 15) is 14.4 Å². The van der Waals surface area contributed by atoms with Crippen molar-refractivity contribution in [3.05, 3.63) is 34.9 Å². The van der Waals surface area contributed by atoms with E-state index >= 15 is 0 Å². The van der Waals surface area contributed by atoms with Gasteiger partial charge in [0, 0.05) is 12.1 Å². The first-order valence-corrected chi connectivity index (χ1v) is 12.6. The molecular formula is C28H47N3O4. The number of hydrogen-bond donors (Lipinski definition) is 2. The molecule has 7 nitrogen and oxygen atoms in total. The Kier molecular flexibility index (Phi) is 10.8. The van der Waals surface area contributed by atoms with E-state index in [0.717, 1.165) is 16.7 Å². The van der Waals surface area contributed by atoms with E-state index in [-0.39, 0.29) is 17.7 Å². The number of nitrogens with zero attached hydrogens (tertiary/aromatic N) is 1. The van der Waals surface area contributed by atoms with Crippen molar-refractivity contribution in [1.29, 1.82) is 0 Å². The predicted molar refractivity (Wildman–Crippen MR) is 141 cm³/mol. The summed E-state index contributed by atoms with van der Waals surface area (Å²) in [6.07, 6.45) is 0.450. The molecule has 0 aliphatic heterocycles. The first-order valence-electron chi connectivity index (χ1n) is 12.6. The lowest BCUT2D eigenvalue weighted by Crippen LogP contribution is -2.55. The molecular weight excluding hydrogens is 442 g/mol. The molecule has 0 heterocycles. The van der Waals surface area contributed by atoms with E-state index < -0.39 is 29.3 Å². The Balaban J connectivity index is 3.54. The minimum atomic E-state index is -0.823. The highest BCUT2D eigenvalue weighted by molar-refractivity contribution is 5.92. The molecule has 2 N–H and O–H groups in total. The molecule has 35 heavy (non-hydrogen) atoms. The summed E-state index contributed by atoms with van der Waals surface area (Å²) in [7, 11) is 0. The summed E-state index contributed by atoms with van der Waals surface area (Å²) in [4.78, 5) is 41.9. The number of carbonyl (C=O) groups is 3. The monoisotopic (exact) mass is 489 g/mol. The van der Waals surface area contributed by atoms with E-state index in [1.807, 2.05) is 73.6 Å². The molecule has 0 aliphatic rings. The number of alkyl carbamates (subject to hydrolysis) is 1. The number of amides is 3. The number of nitrogens with one attached hydrogen (secondary N) is 2.